The van der Waals surface area contributed by atoms with E-state index in [9.17, 15) is 14.0 Å². The van der Waals surface area contributed by atoms with Crippen LogP contribution < -0.4 is 10.7 Å². The number of anilines is 1. The number of amides is 1. The number of hydrogen-bond donors (Lipinski definition) is 1. The molecular weight excluding hydrogens is 345 g/mol. The standard InChI is InChI=1S/C22H20FNO3/c23-16-8-6-14(7-9-16)21-13-19(25)18-12-17(10-11-20(18)27-21)24-22(26)15-4-2-1-3-5-15/h6-13,15H,1-5H2,(H,24,26). The van der Waals surface area contributed by atoms with Crippen LogP contribution in [0.2, 0.25) is 0 Å². The molecule has 138 valence electrons. The molecule has 1 N–H and O–H groups in total. The largest absolute Gasteiger partial charge is 0.456 e. The summed E-state index contributed by atoms with van der Waals surface area (Å²) in [5.41, 5.74) is 1.45. The molecule has 1 amide bonds. The first-order valence-electron chi connectivity index (χ1n) is 9.25. The molecule has 0 aliphatic heterocycles. The average molecular weight is 365 g/mol. The van der Waals surface area contributed by atoms with Gasteiger partial charge in [0.25, 0.3) is 0 Å². The van der Waals surface area contributed by atoms with Gasteiger partial charge in [-0.2, -0.15) is 0 Å². The summed E-state index contributed by atoms with van der Waals surface area (Å²) in [6.07, 6.45) is 5.21. The predicted octanol–water partition coefficient (Wildman–Crippen LogP) is 5.12. The lowest BCUT2D eigenvalue weighted by Crippen LogP contribution is -2.24. The van der Waals surface area contributed by atoms with Gasteiger partial charge in [-0.25, -0.2) is 4.39 Å². The van der Waals surface area contributed by atoms with Gasteiger partial charge in [0, 0.05) is 23.2 Å². The van der Waals surface area contributed by atoms with Crippen molar-refractivity contribution in [1.29, 1.82) is 0 Å². The average Bonchev–Trinajstić information content (AvgIpc) is 2.69. The lowest BCUT2D eigenvalue weighted by molar-refractivity contribution is -0.120. The summed E-state index contributed by atoms with van der Waals surface area (Å²) in [4.78, 5) is 24.9. The highest BCUT2D eigenvalue weighted by Gasteiger charge is 2.21. The molecule has 3 aromatic rings. The topological polar surface area (TPSA) is 59.3 Å². The van der Waals surface area contributed by atoms with Crippen molar-refractivity contribution in [3.8, 4) is 11.3 Å². The minimum atomic E-state index is -0.347. The molecular formula is C22H20FNO3. The second kappa shape index (κ2) is 7.35. The molecule has 0 radical (unpaired) electrons. The molecule has 1 aliphatic carbocycles. The van der Waals surface area contributed by atoms with Gasteiger partial charge in [-0.3, -0.25) is 9.59 Å². The van der Waals surface area contributed by atoms with Crippen LogP contribution in [0.1, 0.15) is 32.1 Å². The first kappa shape index (κ1) is 17.5. The second-order valence-electron chi connectivity index (χ2n) is 7.02. The molecule has 2 aromatic carbocycles. The third kappa shape index (κ3) is 3.77. The first-order chi connectivity index (χ1) is 13.1. The Bertz CT molecular complexity index is 1030. The maximum atomic E-state index is 13.1. The van der Waals surface area contributed by atoms with Gasteiger partial charge in [0.05, 0.1) is 5.39 Å². The zero-order chi connectivity index (χ0) is 18.8. The van der Waals surface area contributed by atoms with Gasteiger partial charge in [0.1, 0.15) is 17.2 Å². The minimum absolute atomic E-state index is 0.0152. The highest BCUT2D eigenvalue weighted by molar-refractivity contribution is 5.94. The first-order valence-corrected chi connectivity index (χ1v) is 9.25. The van der Waals surface area contributed by atoms with Crippen molar-refractivity contribution in [3.05, 3.63) is 64.6 Å². The zero-order valence-electron chi connectivity index (χ0n) is 14.8. The lowest BCUT2D eigenvalue weighted by Gasteiger charge is -2.20. The number of rotatable bonds is 3. The van der Waals surface area contributed by atoms with Gasteiger partial charge in [-0.1, -0.05) is 19.3 Å². The fraction of sp³-hybridized carbons (Fsp3) is 0.273. The van der Waals surface area contributed by atoms with E-state index >= 15 is 0 Å². The number of carbonyl (C=O) groups is 1. The van der Waals surface area contributed by atoms with E-state index in [-0.39, 0.29) is 23.1 Å². The van der Waals surface area contributed by atoms with Crippen molar-refractivity contribution in [3.63, 3.8) is 0 Å². The molecule has 4 rings (SSSR count). The maximum absolute atomic E-state index is 13.1. The van der Waals surface area contributed by atoms with Crippen LogP contribution in [0.25, 0.3) is 22.3 Å². The minimum Gasteiger partial charge on any atom is -0.456 e. The van der Waals surface area contributed by atoms with Crippen LogP contribution >= 0.6 is 0 Å². The van der Waals surface area contributed by atoms with Crippen molar-refractivity contribution < 1.29 is 13.6 Å². The summed E-state index contributed by atoms with van der Waals surface area (Å²) in [6.45, 7) is 0. The Labute approximate surface area is 156 Å². The molecule has 27 heavy (non-hydrogen) atoms. The van der Waals surface area contributed by atoms with Crippen LogP contribution in [-0.2, 0) is 4.79 Å². The Morgan fingerprint density at radius 3 is 2.48 bits per heavy atom. The summed E-state index contributed by atoms with van der Waals surface area (Å²) in [6, 6.07) is 12.2. The third-order valence-electron chi connectivity index (χ3n) is 5.10. The predicted molar refractivity (Wildman–Crippen MR) is 103 cm³/mol. The molecule has 5 heteroatoms. The summed E-state index contributed by atoms with van der Waals surface area (Å²) in [5, 5.41) is 3.33. The van der Waals surface area contributed by atoms with Gasteiger partial charge in [0.2, 0.25) is 5.91 Å². The van der Waals surface area contributed by atoms with Crippen molar-refractivity contribution in [2.45, 2.75) is 32.1 Å². The maximum Gasteiger partial charge on any atom is 0.227 e. The third-order valence-corrected chi connectivity index (χ3v) is 5.10. The molecule has 1 saturated carbocycles. The van der Waals surface area contributed by atoms with Crippen molar-refractivity contribution >= 4 is 22.6 Å². The normalized spacial score (nSPS) is 15.0. The molecule has 0 saturated heterocycles. The Hall–Kier alpha value is -2.95. The highest BCUT2D eigenvalue weighted by Crippen LogP contribution is 2.27. The van der Waals surface area contributed by atoms with Crippen molar-refractivity contribution in [1.82, 2.24) is 0 Å². The van der Waals surface area contributed by atoms with Crippen LogP contribution in [0.4, 0.5) is 10.1 Å². The number of halogens is 1. The van der Waals surface area contributed by atoms with E-state index in [0.29, 0.717) is 28.0 Å². The van der Waals surface area contributed by atoms with Gasteiger partial charge in [-0.05, 0) is 55.3 Å². The van der Waals surface area contributed by atoms with Crippen molar-refractivity contribution in [2.75, 3.05) is 5.32 Å². The zero-order valence-corrected chi connectivity index (χ0v) is 14.8. The van der Waals surface area contributed by atoms with Gasteiger partial charge in [-0.15, -0.1) is 0 Å². The quantitative estimate of drug-likeness (QED) is 0.701. The van der Waals surface area contributed by atoms with Crippen LogP contribution in [-0.4, -0.2) is 5.91 Å². The lowest BCUT2D eigenvalue weighted by atomic mass is 9.88. The van der Waals surface area contributed by atoms with Gasteiger partial charge >= 0.3 is 0 Å². The summed E-state index contributed by atoms with van der Waals surface area (Å²) in [5.74, 6) is 0.0970. The summed E-state index contributed by atoms with van der Waals surface area (Å²) in [7, 11) is 0. The Morgan fingerprint density at radius 2 is 1.74 bits per heavy atom. The van der Waals surface area contributed by atoms with Crippen molar-refractivity contribution in [2.24, 2.45) is 5.92 Å². The van der Waals surface area contributed by atoms with Crippen LogP contribution in [0, 0.1) is 11.7 Å². The molecule has 4 nitrogen and oxygen atoms in total. The second-order valence-corrected chi connectivity index (χ2v) is 7.02. The number of benzene rings is 2. The van der Waals surface area contributed by atoms with E-state index in [1.807, 2.05) is 0 Å². The van der Waals surface area contributed by atoms with Crippen LogP contribution in [0.5, 0.6) is 0 Å². The van der Waals surface area contributed by atoms with E-state index in [1.54, 1.807) is 30.3 Å². The van der Waals surface area contributed by atoms with E-state index in [1.165, 1.54) is 24.6 Å². The Morgan fingerprint density at radius 1 is 1.00 bits per heavy atom. The molecule has 0 spiro atoms. The van der Waals surface area contributed by atoms with E-state index in [4.69, 9.17) is 4.42 Å². The van der Waals surface area contributed by atoms with E-state index in [0.717, 1.165) is 25.7 Å². The fourth-order valence-electron chi connectivity index (χ4n) is 3.60. The molecule has 1 fully saturated rings. The Balaban J connectivity index is 1.62. The van der Waals surface area contributed by atoms with E-state index in [2.05, 4.69) is 5.32 Å². The highest BCUT2D eigenvalue weighted by atomic mass is 19.1. The van der Waals surface area contributed by atoms with Gasteiger partial charge < -0.3 is 9.73 Å². The van der Waals surface area contributed by atoms with Crippen LogP contribution in [0.3, 0.4) is 0 Å². The number of hydrogen-bond acceptors (Lipinski definition) is 3. The van der Waals surface area contributed by atoms with Gasteiger partial charge in [0.15, 0.2) is 5.43 Å². The van der Waals surface area contributed by atoms with Crippen LogP contribution in [0.15, 0.2) is 57.7 Å². The smallest absolute Gasteiger partial charge is 0.227 e. The molecule has 0 unspecified atom stereocenters. The van der Waals surface area contributed by atoms with E-state index < -0.39 is 0 Å². The Kier molecular flexibility index (Phi) is 4.75. The fourth-order valence-corrected chi connectivity index (χ4v) is 3.60. The number of carbonyl (C=O) groups excluding carboxylic acids is 1. The summed E-state index contributed by atoms with van der Waals surface area (Å²) < 4.78 is 18.9. The SMILES string of the molecule is O=C(Nc1ccc2oc(-c3ccc(F)cc3)cc(=O)c2c1)C1CCCCC1. The monoisotopic (exact) mass is 365 g/mol. The molecule has 0 bridgehead atoms. The molecule has 1 heterocycles. The molecule has 0 atom stereocenters. The number of fused-ring (bicyclic) bond motifs is 1. The summed E-state index contributed by atoms with van der Waals surface area (Å²) >= 11 is 0. The molecule has 1 aliphatic rings. The number of nitrogens with one attached hydrogen (secondary N) is 1. The molecule has 1 aromatic heterocycles.